The van der Waals surface area contributed by atoms with Crippen LogP contribution in [0.1, 0.15) is 12.0 Å². The second-order valence-electron chi connectivity index (χ2n) is 5.94. The van der Waals surface area contributed by atoms with Crippen LogP contribution in [-0.2, 0) is 11.2 Å². The van der Waals surface area contributed by atoms with Crippen LogP contribution in [0.3, 0.4) is 0 Å². The fourth-order valence-electron chi connectivity index (χ4n) is 2.79. The molecular weight excluding hydrogens is 342 g/mol. The molecule has 0 radical (unpaired) electrons. The first-order chi connectivity index (χ1) is 12.8. The first kappa shape index (κ1) is 16.4. The third-order valence-corrected chi connectivity index (χ3v) is 5.15. The van der Waals surface area contributed by atoms with Crippen molar-refractivity contribution < 1.29 is 4.79 Å². The predicted octanol–water partition coefficient (Wildman–Crippen LogP) is 4.93. The average Bonchev–Trinajstić information content (AvgIpc) is 3.12. The lowest BCUT2D eigenvalue weighted by Gasteiger charge is -2.09. The second kappa shape index (κ2) is 7.45. The van der Waals surface area contributed by atoms with Crippen molar-refractivity contribution >= 4 is 33.1 Å². The minimum Gasteiger partial charge on any atom is -0.325 e. The molecular formula is C21H17N3OS. The van der Waals surface area contributed by atoms with E-state index in [1.807, 2.05) is 66.9 Å². The molecule has 2 aromatic heterocycles. The van der Waals surface area contributed by atoms with Crippen molar-refractivity contribution in [1.82, 2.24) is 9.97 Å². The minimum absolute atomic E-state index is 0.00378. The number of aryl methyl sites for hydroxylation is 1. The molecule has 0 fully saturated rings. The van der Waals surface area contributed by atoms with Crippen LogP contribution in [0.4, 0.5) is 5.69 Å². The Hall–Kier alpha value is -3.05. The van der Waals surface area contributed by atoms with E-state index in [0.717, 1.165) is 38.5 Å². The Balaban J connectivity index is 1.53. The summed E-state index contributed by atoms with van der Waals surface area (Å²) in [5.41, 5.74) is 3.80. The van der Waals surface area contributed by atoms with Gasteiger partial charge in [0.2, 0.25) is 5.91 Å². The van der Waals surface area contributed by atoms with Gasteiger partial charge >= 0.3 is 0 Å². The molecule has 2 heterocycles. The number of benzene rings is 2. The van der Waals surface area contributed by atoms with E-state index >= 15 is 0 Å². The zero-order valence-corrected chi connectivity index (χ0v) is 14.9. The van der Waals surface area contributed by atoms with E-state index in [4.69, 9.17) is 0 Å². The van der Waals surface area contributed by atoms with Gasteiger partial charge in [0, 0.05) is 24.4 Å². The molecule has 2 aromatic carbocycles. The Morgan fingerprint density at radius 3 is 2.65 bits per heavy atom. The number of anilines is 1. The molecule has 0 saturated carbocycles. The van der Waals surface area contributed by atoms with E-state index in [1.54, 1.807) is 17.5 Å². The fourth-order valence-corrected chi connectivity index (χ4v) is 3.76. The smallest absolute Gasteiger partial charge is 0.224 e. The number of aromatic nitrogens is 2. The molecule has 0 aliphatic heterocycles. The number of amides is 1. The number of para-hydroxylation sites is 1. The number of rotatable bonds is 5. The molecule has 0 bridgehead atoms. The maximum Gasteiger partial charge on any atom is 0.224 e. The molecule has 4 rings (SSSR count). The Bertz CT molecular complexity index is 1010. The zero-order valence-electron chi connectivity index (χ0n) is 14.1. The quantitative estimate of drug-likeness (QED) is 0.550. The number of nitrogens with one attached hydrogen (secondary N) is 1. The van der Waals surface area contributed by atoms with Crippen molar-refractivity contribution in [2.45, 2.75) is 12.8 Å². The van der Waals surface area contributed by atoms with Crippen LogP contribution in [0, 0.1) is 0 Å². The lowest BCUT2D eigenvalue weighted by Crippen LogP contribution is -2.13. The molecule has 26 heavy (non-hydrogen) atoms. The SMILES string of the molecule is O=C(CCc1ccccc1)Nc1ccccc1-c1nc2ccncc2s1. The van der Waals surface area contributed by atoms with Crippen molar-refractivity contribution in [3.8, 4) is 10.6 Å². The van der Waals surface area contributed by atoms with Gasteiger partial charge in [-0.05, 0) is 30.2 Å². The molecule has 0 saturated heterocycles. The highest BCUT2D eigenvalue weighted by Crippen LogP contribution is 2.34. The summed E-state index contributed by atoms with van der Waals surface area (Å²) >= 11 is 1.58. The van der Waals surface area contributed by atoms with Gasteiger partial charge in [-0.2, -0.15) is 0 Å². The number of pyridine rings is 1. The third kappa shape index (κ3) is 3.63. The molecule has 0 aliphatic rings. The number of hydrogen-bond acceptors (Lipinski definition) is 4. The maximum absolute atomic E-state index is 12.4. The highest BCUT2D eigenvalue weighted by Gasteiger charge is 2.12. The molecule has 1 N–H and O–H groups in total. The molecule has 4 nitrogen and oxygen atoms in total. The first-order valence-corrected chi connectivity index (χ1v) is 9.25. The summed E-state index contributed by atoms with van der Waals surface area (Å²) in [5.74, 6) is 0.00378. The number of nitrogens with zero attached hydrogens (tertiary/aromatic N) is 2. The normalized spacial score (nSPS) is 10.8. The standard InChI is InChI=1S/C21H17N3OS/c25-20(11-10-15-6-2-1-3-7-15)23-17-9-5-4-8-16(17)21-24-18-12-13-22-14-19(18)26-21/h1-9,12-14H,10-11H2,(H,23,25). The largest absolute Gasteiger partial charge is 0.325 e. The van der Waals surface area contributed by atoms with Gasteiger partial charge in [0.15, 0.2) is 0 Å². The predicted molar refractivity (Wildman–Crippen MR) is 106 cm³/mol. The number of hydrogen-bond donors (Lipinski definition) is 1. The van der Waals surface area contributed by atoms with Crippen LogP contribution in [-0.4, -0.2) is 15.9 Å². The summed E-state index contributed by atoms with van der Waals surface area (Å²) in [4.78, 5) is 21.2. The number of fused-ring (bicyclic) bond motifs is 1. The summed E-state index contributed by atoms with van der Waals surface area (Å²) in [7, 11) is 0. The molecule has 4 aromatic rings. The lowest BCUT2D eigenvalue weighted by atomic mass is 10.1. The molecule has 1 amide bonds. The first-order valence-electron chi connectivity index (χ1n) is 8.43. The maximum atomic E-state index is 12.4. The molecule has 128 valence electrons. The van der Waals surface area contributed by atoms with Crippen LogP contribution < -0.4 is 5.32 Å². The molecule has 0 atom stereocenters. The van der Waals surface area contributed by atoms with Crippen LogP contribution in [0.15, 0.2) is 73.1 Å². The summed E-state index contributed by atoms with van der Waals surface area (Å²) in [6.45, 7) is 0. The monoisotopic (exact) mass is 359 g/mol. The Morgan fingerprint density at radius 2 is 1.81 bits per heavy atom. The molecule has 0 unspecified atom stereocenters. The van der Waals surface area contributed by atoms with E-state index in [2.05, 4.69) is 15.3 Å². The van der Waals surface area contributed by atoms with Gasteiger partial charge in [-0.3, -0.25) is 9.78 Å². The van der Waals surface area contributed by atoms with E-state index in [1.165, 1.54) is 0 Å². The number of thiazole rings is 1. The Morgan fingerprint density at radius 1 is 1.00 bits per heavy atom. The van der Waals surface area contributed by atoms with Crippen LogP contribution >= 0.6 is 11.3 Å². The fraction of sp³-hybridized carbons (Fsp3) is 0.0952. The number of carbonyl (C=O) groups is 1. The van der Waals surface area contributed by atoms with Crippen LogP contribution in [0.2, 0.25) is 0 Å². The summed E-state index contributed by atoms with van der Waals surface area (Å²) < 4.78 is 1.03. The van der Waals surface area contributed by atoms with Gasteiger partial charge in [-0.15, -0.1) is 11.3 Å². The molecule has 0 aliphatic carbocycles. The van der Waals surface area contributed by atoms with Crippen molar-refractivity contribution in [3.05, 3.63) is 78.6 Å². The van der Waals surface area contributed by atoms with Gasteiger partial charge < -0.3 is 5.32 Å². The summed E-state index contributed by atoms with van der Waals surface area (Å²) in [5, 5.41) is 3.92. The Labute approximate surface area is 155 Å². The van der Waals surface area contributed by atoms with Crippen LogP contribution in [0.25, 0.3) is 20.8 Å². The van der Waals surface area contributed by atoms with Gasteiger partial charge in [-0.1, -0.05) is 42.5 Å². The third-order valence-electron chi connectivity index (χ3n) is 4.11. The molecule has 0 spiro atoms. The van der Waals surface area contributed by atoms with Gasteiger partial charge in [0.05, 0.1) is 15.9 Å². The molecule has 5 heteroatoms. The topological polar surface area (TPSA) is 54.9 Å². The second-order valence-corrected chi connectivity index (χ2v) is 6.97. The van der Waals surface area contributed by atoms with E-state index in [9.17, 15) is 4.79 Å². The summed E-state index contributed by atoms with van der Waals surface area (Å²) in [6.07, 6.45) is 4.73. The van der Waals surface area contributed by atoms with Gasteiger partial charge in [0.25, 0.3) is 0 Å². The van der Waals surface area contributed by atoms with Gasteiger partial charge in [0.1, 0.15) is 5.01 Å². The van der Waals surface area contributed by atoms with E-state index < -0.39 is 0 Å². The van der Waals surface area contributed by atoms with Crippen LogP contribution in [0.5, 0.6) is 0 Å². The zero-order chi connectivity index (χ0) is 17.8. The van der Waals surface area contributed by atoms with Crippen molar-refractivity contribution in [3.63, 3.8) is 0 Å². The highest BCUT2D eigenvalue weighted by molar-refractivity contribution is 7.21. The highest BCUT2D eigenvalue weighted by atomic mass is 32.1. The summed E-state index contributed by atoms with van der Waals surface area (Å²) in [6, 6.07) is 19.7. The van der Waals surface area contributed by atoms with E-state index in [-0.39, 0.29) is 5.91 Å². The van der Waals surface area contributed by atoms with Crippen molar-refractivity contribution in [1.29, 1.82) is 0 Å². The minimum atomic E-state index is 0.00378. The van der Waals surface area contributed by atoms with Gasteiger partial charge in [-0.25, -0.2) is 4.98 Å². The lowest BCUT2D eigenvalue weighted by molar-refractivity contribution is -0.116. The van der Waals surface area contributed by atoms with Crippen molar-refractivity contribution in [2.24, 2.45) is 0 Å². The Kier molecular flexibility index (Phi) is 4.71. The van der Waals surface area contributed by atoms with E-state index in [0.29, 0.717) is 6.42 Å². The number of carbonyl (C=O) groups excluding carboxylic acids is 1. The van der Waals surface area contributed by atoms with Crippen molar-refractivity contribution in [2.75, 3.05) is 5.32 Å². The average molecular weight is 359 g/mol.